The number of nitrogens with zero attached hydrogens (tertiary/aromatic N) is 2. The van der Waals surface area contributed by atoms with Crippen LogP contribution in [0.3, 0.4) is 0 Å². The van der Waals surface area contributed by atoms with Gasteiger partial charge in [0.25, 0.3) is 0 Å². The van der Waals surface area contributed by atoms with E-state index >= 15 is 0 Å². The van der Waals surface area contributed by atoms with Gasteiger partial charge < -0.3 is 0 Å². The number of halogens is 1. The standard InChI is InChI=1S/C6H7ClN2.C2H6/c1-4-3-5(2)8-9-6(4)7;1-2/h3H,1-2H3;1-2H3. The molecule has 1 rings (SSSR count). The molecule has 0 radical (unpaired) electrons. The molecule has 0 aliphatic carbocycles. The van der Waals surface area contributed by atoms with Crippen LogP contribution in [0.5, 0.6) is 0 Å². The maximum absolute atomic E-state index is 5.61. The van der Waals surface area contributed by atoms with Crippen LogP contribution in [0.4, 0.5) is 0 Å². The molecule has 0 spiro atoms. The number of aromatic nitrogens is 2. The Morgan fingerprint density at radius 1 is 1.18 bits per heavy atom. The van der Waals surface area contributed by atoms with E-state index in [0.717, 1.165) is 11.3 Å². The van der Waals surface area contributed by atoms with Gasteiger partial charge in [-0.3, -0.25) is 0 Å². The summed E-state index contributed by atoms with van der Waals surface area (Å²) in [6.45, 7) is 7.79. The zero-order chi connectivity index (χ0) is 8.85. The fourth-order valence-electron chi connectivity index (χ4n) is 0.603. The second-order valence-electron chi connectivity index (χ2n) is 1.96. The van der Waals surface area contributed by atoms with Crippen LogP contribution in [-0.2, 0) is 0 Å². The molecule has 0 amide bonds. The molecule has 2 nitrogen and oxygen atoms in total. The molecule has 1 aromatic heterocycles. The first-order valence-electron chi connectivity index (χ1n) is 3.66. The highest BCUT2D eigenvalue weighted by molar-refractivity contribution is 6.30. The van der Waals surface area contributed by atoms with Crippen molar-refractivity contribution in [1.82, 2.24) is 10.2 Å². The summed E-state index contributed by atoms with van der Waals surface area (Å²) in [6, 6.07) is 1.90. The van der Waals surface area contributed by atoms with Gasteiger partial charge in [0.2, 0.25) is 0 Å². The lowest BCUT2D eigenvalue weighted by atomic mass is 10.3. The first-order chi connectivity index (χ1) is 5.20. The van der Waals surface area contributed by atoms with E-state index in [1.54, 1.807) is 0 Å². The molecular weight excluding hydrogens is 160 g/mol. The SMILES string of the molecule is CC.Cc1cc(C)c(Cl)nn1. The minimum absolute atomic E-state index is 0.487. The van der Waals surface area contributed by atoms with E-state index in [0.29, 0.717) is 5.15 Å². The first-order valence-corrected chi connectivity index (χ1v) is 4.04. The fraction of sp³-hybridized carbons (Fsp3) is 0.500. The molecular formula is C8H13ClN2. The van der Waals surface area contributed by atoms with Crippen LogP contribution in [0.25, 0.3) is 0 Å². The van der Waals surface area contributed by atoms with Crippen LogP contribution in [0, 0.1) is 13.8 Å². The topological polar surface area (TPSA) is 25.8 Å². The van der Waals surface area contributed by atoms with Crippen molar-refractivity contribution >= 4 is 11.6 Å². The third kappa shape index (κ3) is 3.33. The van der Waals surface area contributed by atoms with Crippen molar-refractivity contribution in [2.45, 2.75) is 27.7 Å². The van der Waals surface area contributed by atoms with Gasteiger partial charge in [-0.2, -0.15) is 5.10 Å². The molecule has 62 valence electrons. The predicted molar refractivity (Wildman–Crippen MR) is 47.9 cm³/mol. The lowest BCUT2D eigenvalue weighted by molar-refractivity contribution is 0.967. The molecule has 0 fully saturated rings. The van der Waals surface area contributed by atoms with Crippen LogP contribution in [0.1, 0.15) is 25.1 Å². The summed E-state index contributed by atoms with van der Waals surface area (Å²) < 4.78 is 0. The van der Waals surface area contributed by atoms with Crippen LogP contribution >= 0.6 is 11.6 Å². The largest absolute Gasteiger partial charge is 0.154 e. The summed E-state index contributed by atoms with van der Waals surface area (Å²) in [4.78, 5) is 0. The molecule has 0 aliphatic rings. The average Bonchev–Trinajstić information content (AvgIpc) is 2.02. The zero-order valence-electron chi connectivity index (χ0n) is 7.35. The van der Waals surface area contributed by atoms with Crippen molar-refractivity contribution in [3.8, 4) is 0 Å². The highest BCUT2D eigenvalue weighted by Gasteiger charge is 1.94. The quantitative estimate of drug-likeness (QED) is 0.602. The summed E-state index contributed by atoms with van der Waals surface area (Å²) in [5.74, 6) is 0. The van der Waals surface area contributed by atoms with Crippen molar-refractivity contribution in [3.63, 3.8) is 0 Å². The molecule has 11 heavy (non-hydrogen) atoms. The summed E-state index contributed by atoms with van der Waals surface area (Å²) in [5, 5.41) is 7.94. The third-order valence-corrected chi connectivity index (χ3v) is 1.42. The van der Waals surface area contributed by atoms with Crippen molar-refractivity contribution < 1.29 is 0 Å². The average molecular weight is 173 g/mol. The molecule has 0 bridgehead atoms. The number of hydrogen-bond donors (Lipinski definition) is 0. The lowest BCUT2D eigenvalue weighted by Crippen LogP contribution is -1.88. The Balaban J connectivity index is 0.000000461. The Morgan fingerprint density at radius 3 is 2.09 bits per heavy atom. The normalized spacial score (nSPS) is 8.45. The molecule has 0 saturated carbocycles. The van der Waals surface area contributed by atoms with E-state index in [9.17, 15) is 0 Å². The molecule has 0 N–H and O–H groups in total. The fourth-order valence-corrected chi connectivity index (χ4v) is 0.696. The van der Waals surface area contributed by atoms with Gasteiger partial charge in [0, 0.05) is 0 Å². The molecule has 1 heterocycles. The van der Waals surface area contributed by atoms with Crippen LogP contribution in [-0.4, -0.2) is 10.2 Å². The third-order valence-electron chi connectivity index (χ3n) is 1.05. The van der Waals surface area contributed by atoms with Gasteiger partial charge in [-0.15, -0.1) is 5.10 Å². The minimum atomic E-state index is 0.487. The van der Waals surface area contributed by atoms with Gasteiger partial charge in [-0.25, -0.2) is 0 Å². The molecule has 0 atom stereocenters. The summed E-state index contributed by atoms with van der Waals surface area (Å²) in [5.41, 5.74) is 1.88. The van der Waals surface area contributed by atoms with E-state index in [2.05, 4.69) is 10.2 Å². The van der Waals surface area contributed by atoms with Crippen molar-refractivity contribution in [1.29, 1.82) is 0 Å². The predicted octanol–water partition coefficient (Wildman–Crippen LogP) is 2.77. The van der Waals surface area contributed by atoms with Crippen molar-refractivity contribution in [3.05, 3.63) is 22.5 Å². The molecule has 0 saturated heterocycles. The molecule has 0 aliphatic heterocycles. The van der Waals surface area contributed by atoms with E-state index in [4.69, 9.17) is 11.6 Å². The summed E-state index contributed by atoms with van der Waals surface area (Å²) in [7, 11) is 0. The Kier molecular flexibility index (Phi) is 4.79. The van der Waals surface area contributed by atoms with Gasteiger partial charge in [0.1, 0.15) is 0 Å². The highest BCUT2D eigenvalue weighted by Crippen LogP contribution is 2.09. The van der Waals surface area contributed by atoms with Gasteiger partial charge in [-0.1, -0.05) is 25.4 Å². The van der Waals surface area contributed by atoms with Crippen molar-refractivity contribution in [2.24, 2.45) is 0 Å². The second kappa shape index (κ2) is 5.08. The van der Waals surface area contributed by atoms with Gasteiger partial charge in [-0.05, 0) is 25.5 Å². The summed E-state index contributed by atoms with van der Waals surface area (Å²) >= 11 is 5.61. The highest BCUT2D eigenvalue weighted by atomic mass is 35.5. The van der Waals surface area contributed by atoms with E-state index in [-0.39, 0.29) is 0 Å². The monoisotopic (exact) mass is 172 g/mol. The van der Waals surface area contributed by atoms with Crippen LogP contribution in [0.15, 0.2) is 6.07 Å². The molecule has 3 heteroatoms. The maximum atomic E-state index is 5.61. The Morgan fingerprint density at radius 2 is 1.73 bits per heavy atom. The molecule has 0 unspecified atom stereocenters. The smallest absolute Gasteiger partial charge is 0.154 e. The molecule has 1 aromatic rings. The van der Waals surface area contributed by atoms with Gasteiger partial charge in [0.15, 0.2) is 5.15 Å². The van der Waals surface area contributed by atoms with Gasteiger partial charge in [0.05, 0.1) is 5.69 Å². The number of rotatable bonds is 0. The minimum Gasteiger partial charge on any atom is -0.154 e. The summed E-state index contributed by atoms with van der Waals surface area (Å²) in [6.07, 6.45) is 0. The zero-order valence-corrected chi connectivity index (χ0v) is 8.11. The maximum Gasteiger partial charge on any atom is 0.154 e. The Hall–Kier alpha value is -0.630. The Labute approximate surface area is 72.6 Å². The van der Waals surface area contributed by atoms with E-state index in [1.807, 2.05) is 33.8 Å². The first kappa shape index (κ1) is 10.4. The van der Waals surface area contributed by atoms with E-state index < -0.39 is 0 Å². The van der Waals surface area contributed by atoms with E-state index in [1.165, 1.54) is 0 Å². The van der Waals surface area contributed by atoms with Crippen LogP contribution < -0.4 is 0 Å². The number of hydrogen-bond acceptors (Lipinski definition) is 2. The van der Waals surface area contributed by atoms with Gasteiger partial charge >= 0.3 is 0 Å². The van der Waals surface area contributed by atoms with Crippen LogP contribution in [0.2, 0.25) is 5.15 Å². The Bertz CT molecular complexity index is 223. The van der Waals surface area contributed by atoms with Crippen molar-refractivity contribution in [2.75, 3.05) is 0 Å². The lowest BCUT2D eigenvalue weighted by Gasteiger charge is -1.93. The molecule has 0 aromatic carbocycles. The second-order valence-corrected chi connectivity index (χ2v) is 2.32. The number of aryl methyl sites for hydroxylation is 2.